The summed E-state index contributed by atoms with van der Waals surface area (Å²) in [5.74, 6) is 0.725. The van der Waals surface area contributed by atoms with Crippen molar-refractivity contribution in [3.05, 3.63) is 48.3 Å². The van der Waals surface area contributed by atoms with Gasteiger partial charge in [-0.1, -0.05) is 18.2 Å². The number of piperidine rings is 1. The molecular weight excluding hydrogens is 315 g/mol. The summed E-state index contributed by atoms with van der Waals surface area (Å²) < 4.78 is 13.2. The van der Waals surface area contributed by atoms with Gasteiger partial charge in [0.25, 0.3) is 0 Å². The second-order valence-electron chi connectivity index (χ2n) is 6.50. The summed E-state index contributed by atoms with van der Waals surface area (Å²) in [5, 5.41) is 6.88. The van der Waals surface area contributed by atoms with Crippen molar-refractivity contribution < 1.29 is 4.39 Å². The van der Waals surface area contributed by atoms with Crippen molar-refractivity contribution in [3.8, 4) is 0 Å². The Morgan fingerprint density at radius 1 is 1.40 bits per heavy atom. The second kappa shape index (κ2) is 10.9. The predicted molar refractivity (Wildman–Crippen MR) is 103 cm³/mol. The maximum atomic E-state index is 13.2. The molecule has 1 saturated heterocycles. The molecule has 2 N–H and O–H groups in total. The standard InChI is InChI=1S/C20H31FN4/c1-3-13-25-14-10-19(11-15-25)24-20(22-4-2)23-12-6-8-17-7-5-9-18(21)16-17/h3,5,7,9,16,19H,1,4,6,8,10-15H2,2H3,(H2,22,23,24). The Bertz CT molecular complexity index is 550. The van der Waals surface area contributed by atoms with Crippen LogP contribution in [0.2, 0.25) is 0 Å². The van der Waals surface area contributed by atoms with E-state index in [4.69, 9.17) is 0 Å². The molecule has 1 heterocycles. The minimum Gasteiger partial charge on any atom is -0.357 e. The fraction of sp³-hybridized carbons (Fsp3) is 0.550. The van der Waals surface area contributed by atoms with E-state index in [2.05, 4.69) is 34.0 Å². The van der Waals surface area contributed by atoms with E-state index in [1.807, 2.05) is 12.1 Å². The fourth-order valence-corrected chi connectivity index (χ4v) is 3.12. The molecule has 138 valence electrons. The normalized spacial score (nSPS) is 16.6. The van der Waals surface area contributed by atoms with Gasteiger partial charge in [-0.15, -0.1) is 6.58 Å². The average Bonchev–Trinajstić information content (AvgIpc) is 2.61. The van der Waals surface area contributed by atoms with Crippen LogP contribution in [0, 0.1) is 5.82 Å². The number of hydrogen-bond donors (Lipinski definition) is 2. The van der Waals surface area contributed by atoms with E-state index in [-0.39, 0.29) is 5.82 Å². The lowest BCUT2D eigenvalue weighted by molar-refractivity contribution is 0.225. The van der Waals surface area contributed by atoms with Crippen LogP contribution in [0.3, 0.4) is 0 Å². The van der Waals surface area contributed by atoms with E-state index in [9.17, 15) is 4.39 Å². The van der Waals surface area contributed by atoms with E-state index in [1.54, 1.807) is 12.1 Å². The number of likely N-dealkylation sites (tertiary alicyclic amines) is 1. The highest BCUT2D eigenvalue weighted by molar-refractivity contribution is 5.80. The van der Waals surface area contributed by atoms with E-state index >= 15 is 0 Å². The molecule has 5 heteroatoms. The highest BCUT2D eigenvalue weighted by Gasteiger charge is 2.18. The maximum Gasteiger partial charge on any atom is 0.191 e. The molecule has 0 bridgehead atoms. The molecule has 0 spiro atoms. The van der Waals surface area contributed by atoms with Gasteiger partial charge in [-0.3, -0.25) is 9.89 Å². The van der Waals surface area contributed by atoms with Gasteiger partial charge in [0.15, 0.2) is 5.96 Å². The summed E-state index contributed by atoms with van der Waals surface area (Å²) in [6.45, 7) is 10.7. The van der Waals surface area contributed by atoms with Gasteiger partial charge in [-0.2, -0.15) is 0 Å². The number of rotatable bonds is 8. The molecule has 0 atom stereocenters. The monoisotopic (exact) mass is 346 g/mol. The van der Waals surface area contributed by atoms with Crippen molar-refractivity contribution in [3.63, 3.8) is 0 Å². The number of hydrogen-bond acceptors (Lipinski definition) is 2. The smallest absolute Gasteiger partial charge is 0.191 e. The first-order valence-electron chi connectivity index (χ1n) is 9.33. The summed E-state index contributed by atoms with van der Waals surface area (Å²) in [4.78, 5) is 7.10. The van der Waals surface area contributed by atoms with Crippen LogP contribution in [-0.2, 0) is 6.42 Å². The van der Waals surface area contributed by atoms with Crippen LogP contribution >= 0.6 is 0 Å². The molecule has 0 aromatic heterocycles. The lowest BCUT2D eigenvalue weighted by atomic mass is 10.1. The van der Waals surface area contributed by atoms with Crippen LogP contribution in [0.25, 0.3) is 0 Å². The van der Waals surface area contributed by atoms with E-state index in [0.29, 0.717) is 6.04 Å². The molecule has 25 heavy (non-hydrogen) atoms. The topological polar surface area (TPSA) is 39.7 Å². The molecule has 2 rings (SSSR count). The SMILES string of the molecule is C=CCN1CCC(NC(=NCCCc2cccc(F)c2)NCC)CC1. The molecule has 1 aromatic rings. The summed E-state index contributed by atoms with van der Waals surface area (Å²) in [6.07, 6.45) is 5.99. The van der Waals surface area contributed by atoms with Gasteiger partial charge in [0.1, 0.15) is 5.82 Å². The van der Waals surface area contributed by atoms with Gasteiger partial charge in [0.05, 0.1) is 0 Å². The van der Waals surface area contributed by atoms with Crippen molar-refractivity contribution in [2.24, 2.45) is 4.99 Å². The Balaban J connectivity index is 1.75. The summed E-state index contributed by atoms with van der Waals surface area (Å²) in [7, 11) is 0. The summed E-state index contributed by atoms with van der Waals surface area (Å²) >= 11 is 0. The van der Waals surface area contributed by atoms with Crippen molar-refractivity contribution >= 4 is 5.96 Å². The van der Waals surface area contributed by atoms with Gasteiger partial charge >= 0.3 is 0 Å². The Morgan fingerprint density at radius 3 is 2.88 bits per heavy atom. The largest absolute Gasteiger partial charge is 0.357 e. The minimum absolute atomic E-state index is 0.168. The Morgan fingerprint density at radius 2 is 2.20 bits per heavy atom. The molecule has 0 radical (unpaired) electrons. The maximum absolute atomic E-state index is 13.2. The number of nitrogens with one attached hydrogen (secondary N) is 2. The third-order valence-corrected chi connectivity index (χ3v) is 4.44. The second-order valence-corrected chi connectivity index (χ2v) is 6.50. The van der Waals surface area contributed by atoms with Crippen LogP contribution in [0.15, 0.2) is 41.9 Å². The third kappa shape index (κ3) is 7.26. The van der Waals surface area contributed by atoms with Gasteiger partial charge in [0.2, 0.25) is 0 Å². The van der Waals surface area contributed by atoms with Crippen molar-refractivity contribution in [1.29, 1.82) is 0 Å². The Labute approximate surface area is 151 Å². The lowest BCUT2D eigenvalue weighted by Crippen LogP contribution is -2.48. The first-order chi connectivity index (χ1) is 12.2. The van der Waals surface area contributed by atoms with Crippen LogP contribution in [0.1, 0.15) is 31.7 Å². The van der Waals surface area contributed by atoms with E-state index in [0.717, 1.165) is 69.9 Å². The molecule has 0 unspecified atom stereocenters. The molecule has 4 nitrogen and oxygen atoms in total. The van der Waals surface area contributed by atoms with Crippen LogP contribution in [-0.4, -0.2) is 49.6 Å². The quantitative estimate of drug-likeness (QED) is 0.329. The Hall–Kier alpha value is -1.88. The number of guanidine groups is 1. The highest BCUT2D eigenvalue weighted by Crippen LogP contribution is 2.10. The average molecular weight is 346 g/mol. The van der Waals surface area contributed by atoms with E-state index in [1.165, 1.54) is 6.07 Å². The summed E-state index contributed by atoms with van der Waals surface area (Å²) in [5.41, 5.74) is 1.03. The molecular formula is C20H31FN4. The molecule has 0 aliphatic carbocycles. The van der Waals surface area contributed by atoms with Crippen LogP contribution in [0.5, 0.6) is 0 Å². The number of aryl methyl sites for hydroxylation is 1. The fourth-order valence-electron chi connectivity index (χ4n) is 3.12. The van der Waals surface area contributed by atoms with Crippen LogP contribution < -0.4 is 10.6 Å². The predicted octanol–water partition coefficient (Wildman–Crippen LogP) is 2.96. The summed E-state index contributed by atoms with van der Waals surface area (Å²) in [6, 6.07) is 7.28. The zero-order chi connectivity index (χ0) is 17.9. The van der Waals surface area contributed by atoms with Gasteiger partial charge in [-0.25, -0.2) is 4.39 Å². The molecule has 1 aliphatic rings. The van der Waals surface area contributed by atoms with Gasteiger partial charge < -0.3 is 10.6 Å². The van der Waals surface area contributed by atoms with E-state index < -0.39 is 0 Å². The molecule has 0 saturated carbocycles. The molecule has 1 aromatic carbocycles. The minimum atomic E-state index is -0.168. The van der Waals surface area contributed by atoms with Crippen molar-refractivity contribution in [1.82, 2.24) is 15.5 Å². The molecule has 0 amide bonds. The number of halogens is 1. The third-order valence-electron chi connectivity index (χ3n) is 4.44. The molecule has 1 fully saturated rings. The highest BCUT2D eigenvalue weighted by atomic mass is 19.1. The van der Waals surface area contributed by atoms with Gasteiger partial charge in [0, 0.05) is 38.8 Å². The zero-order valence-corrected chi connectivity index (χ0v) is 15.3. The first-order valence-corrected chi connectivity index (χ1v) is 9.33. The first kappa shape index (κ1) is 19.4. The number of benzene rings is 1. The van der Waals surface area contributed by atoms with Crippen molar-refractivity contribution in [2.75, 3.05) is 32.7 Å². The Kier molecular flexibility index (Phi) is 8.46. The number of nitrogens with zero attached hydrogens (tertiary/aromatic N) is 2. The lowest BCUT2D eigenvalue weighted by Gasteiger charge is -2.32. The van der Waals surface area contributed by atoms with Crippen LogP contribution in [0.4, 0.5) is 4.39 Å². The zero-order valence-electron chi connectivity index (χ0n) is 15.3. The molecule has 1 aliphatic heterocycles. The number of aliphatic imine (C=N–C) groups is 1. The van der Waals surface area contributed by atoms with Gasteiger partial charge in [-0.05, 0) is 50.3 Å². The van der Waals surface area contributed by atoms with Crippen molar-refractivity contribution in [2.45, 2.75) is 38.6 Å².